The summed E-state index contributed by atoms with van der Waals surface area (Å²) in [7, 11) is 0. The lowest BCUT2D eigenvalue weighted by Crippen LogP contribution is -2.14. The minimum absolute atomic E-state index is 0.690. The fourth-order valence-corrected chi connectivity index (χ4v) is 1.16. The third-order valence-corrected chi connectivity index (χ3v) is 1.84. The van der Waals surface area contributed by atoms with Gasteiger partial charge in [0.05, 0.1) is 18.5 Å². The molecule has 0 aliphatic carbocycles. The molecular weight excluding hydrogens is 176 g/mol. The van der Waals surface area contributed by atoms with Crippen molar-refractivity contribution >= 4 is 0 Å². The van der Waals surface area contributed by atoms with Crippen LogP contribution in [0, 0.1) is 0 Å². The van der Waals surface area contributed by atoms with E-state index >= 15 is 0 Å². The van der Waals surface area contributed by atoms with Crippen molar-refractivity contribution in [2.75, 3.05) is 13.2 Å². The molecule has 0 spiro atoms. The summed E-state index contributed by atoms with van der Waals surface area (Å²) in [4.78, 5) is 4.28. The van der Waals surface area contributed by atoms with Crippen LogP contribution in [0.2, 0.25) is 0 Å². The van der Waals surface area contributed by atoms with Gasteiger partial charge in [0.25, 0.3) is 0 Å². The molecule has 1 rings (SSSR count). The molecule has 0 unspecified atom stereocenters. The van der Waals surface area contributed by atoms with Gasteiger partial charge in [0.15, 0.2) is 0 Å². The molecule has 0 aliphatic heterocycles. The van der Waals surface area contributed by atoms with Crippen LogP contribution < -0.4 is 10.1 Å². The number of hydrogen-bond donors (Lipinski definition) is 1. The summed E-state index contributed by atoms with van der Waals surface area (Å²) in [6, 6.07) is 3.95. The van der Waals surface area contributed by atoms with E-state index in [2.05, 4.69) is 17.2 Å². The van der Waals surface area contributed by atoms with Crippen LogP contribution in [0.1, 0.15) is 26.0 Å². The van der Waals surface area contributed by atoms with Crippen molar-refractivity contribution < 1.29 is 4.74 Å². The highest BCUT2D eigenvalue weighted by Gasteiger charge is 1.95. The van der Waals surface area contributed by atoms with Gasteiger partial charge in [-0.3, -0.25) is 4.98 Å². The van der Waals surface area contributed by atoms with Crippen molar-refractivity contribution in [3.05, 3.63) is 24.0 Å². The average Bonchev–Trinajstić information content (AvgIpc) is 2.21. The van der Waals surface area contributed by atoms with E-state index < -0.39 is 0 Å². The molecule has 0 fully saturated rings. The van der Waals surface area contributed by atoms with Crippen LogP contribution in [-0.4, -0.2) is 18.1 Å². The number of nitrogens with one attached hydrogen (secondary N) is 1. The maximum absolute atomic E-state index is 5.30. The lowest BCUT2D eigenvalue weighted by molar-refractivity contribution is 0.338. The SMILES string of the molecule is CCCNCc1ccc(OCC)cn1. The molecule has 14 heavy (non-hydrogen) atoms. The molecule has 1 heterocycles. The second-order valence-electron chi connectivity index (χ2n) is 3.10. The van der Waals surface area contributed by atoms with Gasteiger partial charge in [-0.25, -0.2) is 0 Å². The van der Waals surface area contributed by atoms with Crippen LogP contribution >= 0.6 is 0 Å². The standard InChI is InChI=1S/C11H18N2O/c1-3-7-12-8-10-5-6-11(9-13-10)14-4-2/h5-6,9,12H,3-4,7-8H2,1-2H3. The van der Waals surface area contributed by atoms with Crippen LogP contribution in [0.25, 0.3) is 0 Å². The van der Waals surface area contributed by atoms with Crippen molar-refractivity contribution in [1.82, 2.24) is 10.3 Å². The first-order valence-corrected chi connectivity index (χ1v) is 5.15. The highest BCUT2D eigenvalue weighted by atomic mass is 16.5. The first-order valence-electron chi connectivity index (χ1n) is 5.15. The second kappa shape index (κ2) is 6.38. The first-order chi connectivity index (χ1) is 6.86. The smallest absolute Gasteiger partial charge is 0.137 e. The number of pyridine rings is 1. The van der Waals surface area contributed by atoms with Gasteiger partial charge in [0, 0.05) is 6.54 Å². The van der Waals surface area contributed by atoms with Gasteiger partial charge in [0.2, 0.25) is 0 Å². The maximum Gasteiger partial charge on any atom is 0.137 e. The summed E-state index contributed by atoms with van der Waals surface area (Å²) in [5, 5.41) is 3.30. The maximum atomic E-state index is 5.30. The van der Waals surface area contributed by atoms with Gasteiger partial charge in [-0.15, -0.1) is 0 Å². The van der Waals surface area contributed by atoms with Gasteiger partial charge in [0.1, 0.15) is 5.75 Å². The van der Waals surface area contributed by atoms with Crippen molar-refractivity contribution in [3.63, 3.8) is 0 Å². The molecule has 0 radical (unpaired) electrons. The van der Waals surface area contributed by atoms with Gasteiger partial charge < -0.3 is 10.1 Å². The van der Waals surface area contributed by atoms with Crippen molar-refractivity contribution in [2.24, 2.45) is 0 Å². The Morgan fingerprint density at radius 2 is 2.21 bits per heavy atom. The average molecular weight is 194 g/mol. The monoisotopic (exact) mass is 194 g/mol. The first kappa shape index (κ1) is 11.0. The number of nitrogens with zero attached hydrogens (tertiary/aromatic N) is 1. The predicted molar refractivity (Wildman–Crippen MR) is 57.4 cm³/mol. The van der Waals surface area contributed by atoms with Crippen LogP contribution in [-0.2, 0) is 6.54 Å². The minimum Gasteiger partial charge on any atom is -0.492 e. The molecule has 3 nitrogen and oxygen atoms in total. The fraction of sp³-hybridized carbons (Fsp3) is 0.545. The summed E-state index contributed by atoms with van der Waals surface area (Å²) < 4.78 is 5.30. The Labute approximate surface area is 85.5 Å². The van der Waals surface area contributed by atoms with E-state index in [0.717, 1.165) is 31.0 Å². The van der Waals surface area contributed by atoms with E-state index in [1.165, 1.54) is 0 Å². The molecular formula is C11H18N2O. The molecule has 0 amide bonds. The molecule has 0 bridgehead atoms. The molecule has 1 aromatic heterocycles. The summed E-state index contributed by atoms with van der Waals surface area (Å²) in [5.74, 6) is 0.840. The molecule has 0 saturated heterocycles. The van der Waals surface area contributed by atoms with Gasteiger partial charge in [-0.05, 0) is 32.0 Å². The Morgan fingerprint density at radius 3 is 2.79 bits per heavy atom. The zero-order chi connectivity index (χ0) is 10.2. The third-order valence-electron chi connectivity index (χ3n) is 1.84. The lowest BCUT2D eigenvalue weighted by atomic mass is 10.3. The Kier molecular flexibility index (Phi) is 5.00. The van der Waals surface area contributed by atoms with Gasteiger partial charge in [-0.2, -0.15) is 0 Å². The lowest BCUT2D eigenvalue weighted by Gasteiger charge is -2.04. The molecule has 0 aromatic carbocycles. The third kappa shape index (κ3) is 3.75. The summed E-state index contributed by atoms with van der Waals surface area (Å²) in [6.45, 7) is 6.68. The number of aromatic nitrogens is 1. The van der Waals surface area contributed by atoms with Crippen molar-refractivity contribution in [3.8, 4) is 5.75 Å². The Balaban J connectivity index is 2.38. The van der Waals surface area contributed by atoms with Crippen LogP contribution in [0.5, 0.6) is 5.75 Å². The number of hydrogen-bond acceptors (Lipinski definition) is 3. The minimum atomic E-state index is 0.690. The van der Waals surface area contributed by atoms with E-state index in [1.807, 2.05) is 19.1 Å². The number of ether oxygens (including phenoxy) is 1. The van der Waals surface area contributed by atoms with Gasteiger partial charge in [-0.1, -0.05) is 6.92 Å². The summed E-state index contributed by atoms with van der Waals surface area (Å²) in [6.07, 6.45) is 2.92. The summed E-state index contributed by atoms with van der Waals surface area (Å²) >= 11 is 0. The van der Waals surface area contributed by atoms with Crippen molar-refractivity contribution in [1.29, 1.82) is 0 Å². The Bertz CT molecular complexity index is 246. The molecule has 1 N–H and O–H groups in total. The van der Waals surface area contributed by atoms with Crippen molar-refractivity contribution in [2.45, 2.75) is 26.8 Å². The zero-order valence-corrected chi connectivity index (χ0v) is 8.92. The molecule has 78 valence electrons. The highest BCUT2D eigenvalue weighted by Crippen LogP contribution is 2.08. The quantitative estimate of drug-likeness (QED) is 0.703. The van der Waals surface area contributed by atoms with Crippen LogP contribution in [0.4, 0.5) is 0 Å². The van der Waals surface area contributed by atoms with Crippen LogP contribution in [0.15, 0.2) is 18.3 Å². The number of rotatable bonds is 6. The second-order valence-corrected chi connectivity index (χ2v) is 3.10. The Morgan fingerprint density at radius 1 is 1.36 bits per heavy atom. The topological polar surface area (TPSA) is 34.1 Å². The van der Waals surface area contributed by atoms with Gasteiger partial charge >= 0.3 is 0 Å². The molecule has 3 heteroatoms. The fourth-order valence-electron chi connectivity index (χ4n) is 1.16. The normalized spacial score (nSPS) is 10.1. The molecule has 0 saturated carbocycles. The van der Waals surface area contributed by atoms with E-state index in [0.29, 0.717) is 6.61 Å². The van der Waals surface area contributed by atoms with E-state index in [-0.39, 0.29) is 0 Å². The summed E-state index contributed by atoms with van der Waals surface area (Å²) in [5.41, 5.74) is 1.06. The van der Waals surface area contributed by atoms with E-state index in [1.54, 1.807) is 6.20 Å². The highest BCUT2D eigenvalue weighted by molar-refractivity contribution is 5.19. The largest absolute Gasteiger partial charge is 0.492 e. The zero-order valence-electron chi connectivity index (χ0n) is 8.92. The van der Waals surface area contributed by atoms with Crippen LogP contribution in [0.3, 0.4) is 0 Å². The molecule has 1 aromatic rings. The van der Waals surface area contributed by atoms with E-state index in [4.69, 9.17) is 4.74 Å². The Hall–Kier alpha value is -1.09. The van der Waals surface area contributed by atoms with E-state index in [9.17, 15) is 0 Å². The molecule has 0 aliphatic rings. The predicted octanol–water partition coefficient (Wildman–Crippen LogP) is 1.98. The molecule has 0 atom stereocenters.